The topological polar surface area (TPSA) is 58.5 Å². The third-order valence-electron chi connectivity index (χ3n) is 3.61. The van der Waals surface area contributed by atoms with Crippen LogP contribution in [-0.4, -0.2) is 24.0 Å². The minimum Gasteiger partial charge on any atom is -0.439 e. The number of nitrogens with one attached hydrogen (secondary N) is 2. The van der Waals surface area contributed by atoms with Crippen molar-refractivity contribution in [3.63, 3.8) is 0 Å². The molecule has 2 rings (SSSR count). The second kappa shape index (κ2) is 10.2. The Hall–Kier alpha value is -1.83. The number of guanidine groups is 1. The van der Waals surface area contributed by atoms with Gasteiger partial charge in [0.15, 0.2) is 5.96 Å². The summed E-state index contributed by atoms with van der Waals surface area (Å²) >= 11 is 0. The Balaban J connectivity index is 0.00000312. The number of ether oxygens (including phenoxy) is 1. The highest BCUT2D eigenvalue weighted by Gasteiger charge is 2.04. The Labute approximate surface area is 167 Å². The van der Waals surface area contributed by atoms with Gasteiger partial charge in [0.25, 0.3) is 0 Å². The van der Waals surface area contributed by atoms with Gasteiger partial charge in [0.05, 0.1) is 0 Å². The summed E-state index contributed by atoms with van der Waals surface area (Å²) in [4.78, 5) is 8.49. The summed E-state index contributed by atoms with van der Waals surface area (Å²) in [5, 5.41) is 6.54. The van der Waals surface area contributed by atoms with Crippen molar-refractivity contribution in [1.29, 1.82) is 0 Å². The van der Waals surface area contributed by atoms with E-state index in [4.69, 9.17) is 4.74 Å². The molecule has 0 spiro atoms. The molecule has 25 heavy (non-hydrogen) atoms. The smallest absolute Gasteiger partial charge is 0.219 e. The highest BCUT2D eigenvalue weighted by Crippen LogP contribution is 2.22. The maximum atomic E-state index is 5.87. The van der Waals surface area contributed by atoms with Crippen molar-refractivity contribution >= 4 is 29.9 Å². The van der Waals surface area contributed by atoms with Crippen LogP contribution in [0.25, 0.3) is 0 Å². The van der Waals surface area contributed by atoms with E-state index in [0.717, 1.165) is 17.3 Å². The van der Waals surface area contributed by atoms with E-state index in [0.29, 0.717) is 18.5 Å². The molecule has 1 heterocycles. The van der Waals surface area contributed by atoms with Crippen LogP contribution in [0.5, 0.6) is 11.6 Å². The predicted octanol–water partition coefficient (Wildman–Crippen LogP) is 4.18. The number of hydrogen-bond donors (Lipinski definition) is 2. The lowest BCUT2D eigenvalue weighted by atomic mass is 10.1. The third kappa shape index (κ3) is 6.89. The molecule has 2 N–H and O–H groups in total. The molecule has 0 saturated heterocycles. The lowest BCUT2D eigenvalue weighted by Crippen LogP contribution is -2.40. The van der Waals surface area contributed by atoms with E-state index >= 15 is 0 Å². The van der Waals surface area contributed by atoms with Crippen LogP contribution in [0.15, 0.2) is 41.5 Å². The molecule has 6 heteroatoms. The Bertz CT molecular complexity index is 716. The Morgan fingerprint density at radius 1 is 1.16 bits per heavy atom. The maximum absolute atomic E-state index is 5.87. The van der Waals surface area contributed by atoms with Gasteiger partial charge in [0, 0.05) is 31.9 Å². The summed E-state index contributed by atoms with van der Waals surface area (Å²) in [6, 6.07) is 10.3. The van der Waals surface area contributed by atoms with Crippen molar-refractivity contribution in [3.05, 3.63) is 53.2 Å². The second-order valence-corrected chi connectivity index (χ2v) is 6.08. The number of aryl methyl sites for hydroxylation is 2. The molecule has 0 fully saturated rings. The number of benzene rings is 1. The SMILES string of the molecule is CN=C(NCc1ccnc(Oc2ccc(C)c(C)c2)c1)NC(C)C.I. The van der Waals surface area contributed by atoms with Gasteiger partial charge in [-0.3, -0.25) is 4.99 Å². The first-order chi connectivity index (χ1) is 11.5. The van der Waals surface area contributed by atoms with E-state index in [2.05, 4.69) is 54.4 Å². The van der Waals surface area contributed by atoms with Crippen LogP contribution < -0.4 is 15.4 Å². The lowest BCUT2D eigenvalue weighted by molar-refractivity contribution is 0.461. The first kappa shape index (κ1) is 21.2. The zero-order valence-electron chi connectivity index (χ0n) is 15.5. The largest absolute Gasteiger partial charge is 0.439 e. The van der Waals surface area contributed by atoms with Crippen molar-refractivity contribution < 1.29 is 4.74 Å². The van der Waals surface area contributed by atoms with Crippen molar-refractivity contribution in [1.82, 2.24) is 15.6 Å². The molecule has 0 radical (unpaired) electrons. The van der Waals surface area contributed by atoms with Gasteiger partial charge in [-0.05, 0) is 62.6 Å². The molecular weight excluding hydrogens is 427 g/mol. The molecule has 1 aromatic heterocycles. The van der Waals surface area contributed by atoms with Gasteiger partial charge in [-0.1, -0.05) is 6.07 Å². The average molecular weight is 454 g/mol. The lowest BCUT2D eigenvalue weighted by Gasteiger charge is -2.14. The Kier molecular flexibility index (Phi) is 8.68. The van der Waals surface area contributed by atoms with E-state index in [1.807, 2.05) is 24.3 Å². The number of pyridine rings is 1. The fraction of sp³-hybridized carbons (Fsp3) is 0.368. The molecule has 0 aliphatic heterocycles. The highest BCUT2D eigenvalue weighted by molar-refractivity contribution is 14.0. The van der Waals surface area contributed by atoms with Gasteiger partial charge in [0.2, 0.25) is 5.88 Å². The monoisotopic (exact) mass is 454 g/mol. The van der Waals surface area contributed by atoms with E-state index < -0.39 is 0 Å². The van der Waals surface area contributed by atoms with Gasteiger partial charge in [0.1, 0.15) is 5.75 Å². The molecule has 2 aromatic rings. The number of nitrogens with zero attached hydrogens (tertiary/aromatic N) is 2. The Morgan fingerprint density at radius 2 is 1.92 bits per heavy atom. The molecule has 0 atom stereocenters. The molecule has 136 valence electrons. The van der Waals surface area contributed by atoms with Gasteiger partial charge in [-0.25, -0.2) is 4.98 Å². The quantitative estimate of drug-likeness (QED) is 0.404. The van der Waals surface area contributed by atoms with Crippen molar-refractivity contribution in [2.75, 3.05) is 7.05 Å². The van der Waals surface area contributed by atoms with Gasteiger partial charge < -0.3 is 15.4 Å². The zero-order chi connectivity index (χ0) is 17.5. The van der Waals surface area contributed by atoms with Crippen molar-refractivity contribution in [3.8, 4) is 11.6 Å². The minimum absolute atomic E-state index is 0. The van der Waals surface area contributed by atoms with Crippen molar-refractivity contribution in [2.45, 2.75) is 40.3 Å². The first-order valence-corrected chi connectivity index (χ1v) is 8.15. The van der Waals surface area contributed by atoms with Crippen LogP contribution in [-0.2, 0) is 6.54 Å². The third-order valence-corrected chi connectivity index (χ3v) is 3.61. The number of rotatable bonds is 5. The molecule has 0 aliphatic carbocycles. The van der Waals surface area contributed by atoms with Crippen LogP contribution >= 0.6 is 24.0 Å². The summed E-state index contributed by atoms with van der Waals surface area (Å²) in [5.74, 6) is 2.16. The fourth-order valence-electron chi connectivity index (χ4n) is 2.17. The van der Waals surface area contributed by atoms with Gasteiger partial charge in [-0.15, -0.1) is 24.0 Å². The van der Waals surface area contributed by atoms with Crippen molar-refractivity contribution in [2.24, 2.45) is 4.99 Å². The molecule has 0 aliphatic rings. The molecule has 0 amide bonds. The molecule has 5 nitrogen and oxygen atoms in total. The second-order valence-electron chi connectivity index (χ2n) is 6.08. The summed E-state index contributed by atoms with van der Waals surface area (Å²) in [5.41, 5.74) is 3.53. The molecule has 0 unspecified atom stereocenters. The summed E-state index contributed by atoms with van der Waals surface area (Å²) in [6.45, 7) is 8.97. The van der Waals surface area contributed by atoms with E-state index in [-0.39, 0.29) is 24.0 Å². The van der Waals surface area contributed by atoms with Gasteiger partial charge >= 0.3 is 0 Å². The number of aromatic nitrogens is 1. The van der Waals surface area contributed by atoms with Crippen LogP contribution in [0.4, 0.5) is 0 Å². The Morgan fingerprint density at radius 3 is 2.56 bits per heavy atom. The van der Waals surface area contributed by atoms with Crippen LogP contribution in [0.1, 0.15) is 30.5 Å². The summed E-state index contributed by atoms with van der Waals surface area (Å²) < 4.78 is 5.87. The number of halogens is 1. The molecule has 1 aromatic carbocycles. The zero-order valence-corrected chi connectivity index (χ0v) is 17.8. The van der Waals surface area contributed by atoms with E-state index in [1.54, 1.807) is 13.2 Å². The van der Waals surface area contributed by atoms with Crippen LogP contribution in [0, 0.1) is 13.8 Å². The van der Waals surface area contributed by atoms with E-state index in [9.17, 15) is 0 Å². The fourth-order valence-corrected chi connectivity index (χ4v) is 2.17. The van der Waals surface area contributed by atoms with E-state index in [1.165, 1.54) is 11.1 Å². The molecule has 0 bridgehead atoms. The average Bonchev–Trinajstić information content (AvgIpc) is 2.55. The number of aliphatic imine (C=N–C) groups is 1. The van der Waals surface area contributed by atoms with Crippen LogP contribution in [0.3, 0.4) is 0 Å². The highest BCUT2D eigenvalue weighted by atomic mass is 127. The van der Waals surface area contributed by atoms with Crippen LogP contribution in [0.2, 0.25) is 0 Å². The normalized spacial score (nSPS) is 11.0. The first-order valence-electron chi connectivity index (χ1n) is 8.15. The summed E-state index contributed by atoms with van der Waals surface area (Å²) in [6.07, 6.45) is 1.76. The molecular formula is C19H27IN4O. The van der Waals surface area contributed by atoms with Gasteiger partial charge in [-0.2, -0.15) is 0 Å². The summed E-state index contributed by atoms with van der Waals surface area (Å²) in [7, 11) is 1.76. The standard InChI is InChI=1S/C19H26N4O.HI/c1-13(2)23-19(20-5)22-12-16-8-9-21-18(11-16)24-17-7-6-14(3)15(4)10-17;/h6-11,13H,12H2,1-5H3,(H2,20,22,23);1H. The predicted molar refractivity (Wildman–Crippen MR) is 114 cm³/mol. The molecule has 0 saturated carbocycles. The maximum Gasteiger partial charge on any atom is 0.219 e. The number of hydrogen-bond acceptors (Lipinski definition) is 3. The minimum atomic E-state index is 0.